The number of ether oxygens (including phenoxy) is 1. The van der Waals surface area contributed by atoms with Crippen molar-refractivity contribution in [1.82, 2.24) is 5.32 Å². The number of amides is 1. The summed E-state index contributed by atoms with van der Waals surface area (Å²) in [6.45, 7) is 5.30. The van der Waals surface area contributed by atoms with Gasteiger partial charge in [-0.1, -0.05) is 23.8 Å². The van der Waals surface area contributed by atoms with Crippen molar-refractivity contribution in [3.63, 3.8) is 0 Å². The van der Waals surface area contributed by atoms with E-state index in [-0.39, 0.29) is 5.57 Å². The number of aldehydes is 1. The summed E-state index contributed by atoms with van der Waals surface area (Å²) in [5.41, 5.74) is 0.0406. The molecule has 0 heterocycles. The van der Waals surface area contributed by atoms with Gasteiger partial charge >= 0.3 is 6.09 Å². The summed E-state index contributed by atoms with van der Waals surface area (Å²) in [5, 5.41) is 2.98. The maximum Gasteiger partial charge on any atom is 0.412 e. The molecule has 4 nitrogen and oxygen atoms in total. The van der Waals surface area contributed by atoms with E-state index in [0.717, 1.165) is 6.42 Å². The van der Waals surface area contributed by atoms with Gasteiger partial charge in [-0.05, 0) is 39.7 Å². The molecule has 5 heteroatoms. The van der Waals surface area contributed by atoms with Crippen molar-refractivity contribution in [1.29, 1.82) is 0 Å². The third-order valence-corrected chi connectivity index (χ3v) is 2.66. The minimum Gasteiger partial charge on any atom is -0.444 e. The van der Waals surface area contributed by atoms with E-state index in [1.54, 1.807) is 32.9 Å². The molecular weight excluding hydrogens is 266 g/mol. The zero-order valence-electron chi connectivity index (χ0n) is 11.3. The molecule has 1 amide bonds. The van der Waals surface area contributed by atoms with Crippen molar-refractivity contribution >= 4 is 24.0 Å². The van der Waals surface area contributed by atoms with Gasteiger partial charge in [-0.25, -0.2) is 4.79 Å². The van der Waals surface area contributed by atoms with Gasteiger partial charge in [-0.3, -0.25) is 10.1 Å². The van der Waals surface area contributed by atoms with Gasteiger partial charge < -0.3 is 4.74 Å². The Hall–Kier alpha value is -1.55. The number of allylic oxidation sites excluding steroid dienone is 5. The van der Waals surface area contributed by atoms with Gasteiger partial charge in [0.2, 0.25) is 0 Å². The zero-order valence-corrected chi connectivity index (χ0v) is 12.1. The van der Waals surface area contributed by atoms with Crippen molar-refractivity contribution in [2.24, 2.45) is 0 Å². The lowest BCUT2D eigenvalue weighted by atomic mass is 10.1. The van der Waals surface area contributed by atoms with Crippen LogP contribution in [0.4, 0.5) is 4.79 Å². The molecule has 19 heavy (non-hydrogen) atoms. The lowest BCUT2D eigenvalue weighted by Crippen LogP contribution is -2.32. The summed E-state index contributed by atoms with van der Waals surface area (Å²) in [6.07, 6.45) is 6.68. The Kier molecular flexibility index (Phi) is 5.36. The minimum absolute atomic E-state index is 0.289. The number of carbonyl (C=O) groups is 2. The molecule has 0 saturated heterocycles. The molecule has 0 aromatic heterocycles. The number of rotatable bonds is 2. The summed E-state index contributed by atoms with van der Waals surface area (Å²) in [4.78, 5) is 22.8. The van der Waals surface area contributed by atoms with E-state index in [1.165, 1.54) is 0 Å². The lowest BCUT2D eigenvalue weighted by molar-refractivity contribution is -0.104. The molecule has 0 aromatic rings. The molecule has 1 N–H and O–H groups in total. The molecule has 0 fully saturated rings. The van der Waals surface area contributed by atoms with Crippen molar-refractivity contribution in [2.75, 3.05) is 0 Å². The molecule has 0 bridgehead atoms. The third kappa shape index (κ3) is 5.30. The van der Waals surface area contributed by atoms with Crippen molar-refractivity contribution in [3.05, 3.63) is 34.5 Å². The van der Waals surface area contributed by atoms with Gasteiger partial charge in [0.1, 0.15) is 5.60 Å². The Morgan fingerprint density at radius 2 is 2.16 bits per heavy atom. The van der Waals surface area contributed by atoms with Crippen LogP contribution in [0.5, 0.6) is 0 Å². The number of halogens is 1. The number of alkyl carbamates (subject to hydrolysis) is 1. The van der Waals surface area contributed by atoms with E-state index in [1.807, 2.05) is 6.08 Å². The molecule has 104 valence electrons. The van der Waals surface area contributed by atoms with E-state index in [9.17, 15) is 9.59 Å². The van der Waals surface area contributed by atoms with Crippen LogP contribution in [0, 0.1) is 0 Å². The van der Waals surface area contributed by atoms with Crippen LogP contribution in [0.25, 0.3) is 0 Å². The van der Waals surface area contributed by atoms with Crippen LogP contribution < -0.4 is 5.32 Å². The second kappa shape index (κ2) is 6.57. The van der Waals surface area contributed by atoms with Crippen LogP contribution in [-0.4, -0.2) is 18.0 Å². The first-order chi connectivity index (χ1) is 8.83. The summed E-state index contributed by atoms with van der Waals surface area (Å²) in [5.74, 6) is 0. The van der Waals surface area contributed by atoms with Crippen LogP contribution in [0.2, 0.25) is 0 Å². The largest absolute Gasteiger partial charge is 0.444 e. The van der Waals surface area contributed by atoms with Crippen LogP contribution in [0.1, 0.15) is 33.6 Å². The highest BCUT2D eigenvalue weighted by atomic mass is 35.5. The predicted molar refractivity (Wildman–Crippen MR) is 74.8 cm³/mol. The third-order valence-electron chi connectivity index (χ3n) is 2.27. The SMILES string of the molecule is CC(C)(C)OC(=O)NC1=C/C=C\CC/C(Cl)=C\1C=O. The topological polar surface area (TPSA) is 55.4 Å². The second-order valence-corrected chi connectivity index (χ2v) is 5.57. The fraction of sp³-hybridized carbons (Fsp3) is 0.429. The zero-order chi connectivity index (χ0) is 14.5. The van der Waals surface area contributed by atoms with E-state index in [4.69, 9.17) is 16.3 Å². The standard InChI is InChI=1S/C14H18ClNO3/c1-14(2,3)19-13(18)16-12-8-6-4-5-7-11(15)10(12)9-17/h4,6,8-9H,5,7H2,1-3H3,(H,16,18)/b6-4-,11-10+,12-8+. The van der Waals surface area contributed by atoms with Crippen LogP contribution >= 0.6 is 11.6 Å². The van der Waals surface area contributed by atoms with Gasteiger partial charge in [-0.2, -0.15) is 0 Å². The van der Waals surface area contributed by atoms with E-state index in [0.29, 0.717) is 23.4 Å². The Morgan fingerprint density at radius 1 is 1.47 bits per heavy atom. The van der Waals surface area contributed by atoms with Crippen molar-refractivity contribution in [3.8, 4) is 0 Å². The highest BCUT2D eigenvalue weighted by Crippen LogP contribution is 2.22. The van der Waals surface area contributed by atoms with Crippen LogP contribution in [-0.2, 0) is 9.53 Å². The Labute approximate surface area is 118 Å². The average Bonchev–Trinajstić information content (AvgIpc) is 2.24. The van der Waals surface area contributed by atoms with E-state index >= 15 is 0 Å². The van der Waals surface area contributed by atoms with Gasteiger partial charge in [-0.15, -0.1) is 0 Å². The Morgan fingerprint density at radius 3 is 2.74 bits per heavy atom. The molecule has 0 radical (unpaired) electrons. The van der Waals surface area contributed by atoms with E-state index in [2.05, 4.69) is 5.32 Å². The quantitative estimate of drug-likeness (QED) is 0.790. The molecule has 0 saturated carbocycles. The Bertz CT molecular complexity index is 456. The van der Waals surface area contributed by atoms with Crippen LogP contribution in [0.15, 0.2) is 34.5 Å². The maximum atomic E-state index is 11.7. The summed E-state index contributed by atoms with van der Waals surface area (Å²) in [6, 6.07) is 0. The van der Waals surface area contributed by atoms with Crippen molar-refractivity contribution in [2.45, 2.75) is 39.2 Å². The van der Waals surface area contributed by atoms with Crippen LogP contribution in [0.3, 0.4) is 0 Å². The molecule has 1 rings (SSSR count). The summed E-state index contributed by atoms with van der Waals surface area (Å²) in [7, 11) is 0. The maximum absolute atomic E-state index is 11.7. The number of carbonyl (C=O) groups excluding carboxylic acids is 2. The highest BCUT2D eigenvalue weighted by molar-refractivity contribution is 6.31. The first-order valence-corrected chi connectivity index (χ1v) is 6.42. The second-order valence-electron chi connectivity index (χ2n) is 5.11. The minimum atomic E-state index is -0.614. The first-order valence-electron chi connectivity index (χ1n) is 6.04. The number of hydrogen-bond donors (Lipinski definition) is 1. The molecular formula is C14H18ClNO3. The van der Waals surface area contributed by atoms with Gasteiger partial charge in [0.15, 0.2) is 6.29 Å². The first kappa shape index (κ1) is 15.5. The fourth-order valence-corrected chi connectivity index (χ4v) is 1.75. The molecule has 1 aliphatic carbocycles. The molecule has 0 spiro atoms. The van der Waals surface area contributed by atoms with E-state index < -0.39 is 11.7 Å². The molecule has 0 atom stereocenters. The molecule has 0 unspecified atom stereocenters. The number of hydrogen-bond acceptors (Lipinski definition) is 3. The van der Waals surface area contributed by atoms with Gasteiger partial charge in [0.25, 0.3) is 0 Å². The normalized spacial score (nSPS) is 24.5. The molecule has 0 aromatic carbocycles. The number of nitrogens with one attached hydrogen (secondary N) is 1. The molecule has 1 aliphatic rings. The summed E-state index contributed by atoms with van der Waals surface area (Å²) < 4.78 is 5.14. The summed E-state index contributed by atoms with van der Waals surface area (Å²) >= 11 is 6.05. The monoisotopic (exact) mass is 283 g/mol. The van der Waals surface area contributed by atoms with Gasteiger partial charge in [0.05, 0.1) is 11.3 Å². The fourth-order valence-electron chi connectivity index (χ4n) is 1.49. The molecule has 0 aliphatic heterocycles. The average molecular weight is 284 g/mol. The van der Waals surface area contributed by atoms with Gasteiger partial charge in [0, 0.05) is 5.03 Å². The lowest BCUT2D eigenvalue weighted by Gasteiger charge is -2.21. The Balaban J connectivity index is 2.91. The highest BCUT2D eigenvalue weighted by Gasteiger charge is 2.19. The smallest absolute Gasteiger partial charge is 0.412 e. The van der Waals surface area contributed by atoms with Crippen molar-refractivity contribution < 1.29 is 14.3 Å². The predicted octanol–water partition coefficient (Wildman–Crippen LogP) is 3.44.